The average molecular weight is 173 g/mol. The van der Waals surface area contributed by atoms with E-state index in [0.717, 1.165) is 6.07 Å². The predicted octanol–water partition coefficient (Wildman–Crippen LogP) is 1.44. The maximum absolute atomic E-state index is 12.9. The first-order valence-electron chi connectivity index (χ1n) is 3.44. The lowest BCUT2D eigenvalue weighted by atomic mass is 10.1. The summed E-state index contributed by atoms with van der Waals surface area (Å²) in [5, 5.41) is 8.82. The van der Waals surface area contributed by atoms with Crippen molar-refractivity contribution in [1.29, 1.82) is 0 Å². The number of halogens is 2. The normalized spacial score (nSPS) is 10.3. The lowest BCUT2D eigenvalue weighted by Crippen LogP contribution is -2.02. The summed E-state index contributed by atoms with van der Waals surface area (Å²) in [5.41, 5.74) is 5.78. The lowest BCUT2D eigenvalue weighted by Gasteiger charge is -2.06. The Labute approximate surface area is 68.6 Å². The van der Waals surface area contributed by atoms with Gasteiger partial charge in [-0.25, -0.2) is 8.78 Å². The summed E-state index contributed by atoms with van der Waals surface area (Å²) in [5.74, 6) is -2.85. The summed E-state index contributed by atoms with van der Waals surface area (Å²) in [6.45, 7) is 1.50. The monoisotopic (exact) mass is 173 g/mol. The molecule has 1 rings (SSSR count). The van der Waals surface area contributed by atoms with Crippen molar-refractivity contribution in [3.63, 3.8) is 0 Å². The van der Waals surface area contributed by atoms with Gasteiger partial charge in [-0.2, -0.15) is 0 Å². The van der Waals surface area contributed by atoms with Crippen LogP contribution in [-0.2, 0) is 6.54 Å². The molecule has 0 saturated carbocycles. The van der Waals surface area contributed by atoms with Gasteiger partial charge in [0.1, 0.15) is 0 Å². The van der Waals surface area contributed by atoms with Crippen LogP contribution in [0.25, 0.3) is 0 Å². The summed E-state index contributed by atoms with van der Waals surface area (Å²) in [4.78, 5) is 0. The molecule has 0 spiro atoms. The van der Waals surface area contributed by atoms with Crippen LogP contribution in [0.1, 0.15) is 11.1 Å². The highest BCUT2D eigenvalue weighted by atomic mass is 19.1. The Balaban J connectivity index is 3.39. The standard InChI is InChI=1S/C8H9F2NO/c1-4-5(3-11)2-6(9)8(12)7(4)10/h2,12H,3,11H2,1H3. The van der Waals surface area contributed by atoms with Crippen molar-refractivity contribution in [3.05, 3.63) is 28.8 Å². The molecule has 4 heteroatoms. The second-order valence-electron chi connectivity index (χ2n) is 2.51. The first kappa shape index (κ1) is 8.93. The maximum Gasteiger partial charge on any atom is 0.188 e. The van der Waals surface area contributed by atoms with Crippen molar-refractivity contribution in [2.75, 3.05) is 0 Å². The van der Waals surface area contributed by atoms with Gasteiger partial charge in [0.05, 0.1) is 0 Å². The smallest absolute Gasteiger partial charge is 0.188 e. The highest BCUT2D eigenvalue weighted by Crippen LogP contribution is 2.25. The van der Waals surface area contributed by atoms with Gasteiger partial charge in [-0.15, -0.1) is 0 Å². The molecule has 0 radical (unpaired) electrons. The van der Waals surface area contributed by atoms with Crippen LogP contribution >= 0.6 is 0 Å². The molecule has 0 aliphatic heterocycles. The van der Waals surface area contributed by atoms with Gasteiger partial charge in [0.2, 0.25) is 0 Å². The van der Waals surface area contributed by atoms with Gasteiger partial charge in [0.25, 0.3) is 0 Å². The zero-order valence-electron chi connectivity index (χ0n) is 6.56. The zero-order valence-corrected chi connectivity index (χ0v) is 6.56. The van der Waals surface area contributed by atoms with Crippen LogP contribution in [0.5, 0.6) is 5.75 Å². The van der Waals surface area contributed by atoms with E-state index in [2.05, 4.69) is 0 Å². The molecule has 66 valence electrons. The summed E-state index contributed by atoms with van der Waals surface area (Å²) >= 11 is 0. The minimum atomic E-state index is -0.974. The number of rotatable bonds is 1. The Morgan fingerprint density at radius 2 is 2.08 bits per heavy atom. The molecule has 0 fully saturated rings. The Bertz CT molecular complexity index is 312. The molecule has 0 saturated heterocycles. The third-order valence-electron chi connectivity index (χ3n) is 1.77. The van der Waals surface area contributed by atoms with Gasteiger partial charge in [-0.3, -0.25) is 0 Å². The van der Waals surface area contributed by atoms with Crippen LogP contribution in [0.15, 0.2) is 6.07 Å². The quantitative estimate of drug-likeness (QED) is 0.674. The van der Waals surface area contributed by atoms with Crippen LogP contribution in [0.3, 0.4) is 0 Å². The Morgan fingerprint density at radius 3 is 2.58 bits per heavy atom. The van der Waals surface area contributed by atoms with Gasteiger partial charge in [-0.05, 0) is 24.1 Å². The largest absolute Gasteiger partial charge is 0.503 e. The second-order valence-corrected chi connectivity index (χ2v) is 2.51. The Kier molecular flexibility index (Phi) is 2.28. The molecule has 0 bridgehead atoms. The molecule has 12 heavy (non-hydrogen) atoms. The molecule has 2 nitrogen and oxygen atoms in total. The molecule has 0 aromatic heterocycles. The van der Waals surface area contributed by atoms with Gasteiger partial charge in [0, 0.05) is 6.54 Å². The van der Waals surface area contributed by atoms with E-state index in [0.29, 0.717) is 5.56 Å². The van der Waals surface area contributed by atoms with Crippen molar-refractivity contribution in [1.82, 2.24) is 0 Å². The van der Waals surface area contributed by atoms with E-state index >= 15 is 0 Å². The summed E-state index contributed by atoms with van der Waals surface area (Å²) < 4.78 is 25.6. The molecule has 3 N–H and O–H groups in total. The van der Waals surface area contributed by atoms with E-state index in [1.165, 1.54) is 6.92 Å². The third kappa shape index (κ3) is 1.25. The van der Waals surface area contributed by atoms with Gasteiger partial charge < -0.3 is 10.8 Å². The first-order valence-corrected chi connectivity index (χ1v) is 3.44. The molecule has 1 aromatic carbocycles. The molecule has 0 heterocycles. The minimum absolute atomic E-state index is 0.0555. The van der Waals surface area contributed by atoms with E-state index < -0.39 is 17.4 Å². The Morgan fingerprint density at radius 1 is 1.50 bits per heavy atom. The second kappa shape index (κ2) is 3.06. The lowest BCUT2D eigenvalue weighted by molar-refractivity contribution is 0.393. The number of aromatic hydroxyl groups is 1. The Hall–Kier alpha value is -1.16. The fourth-order valence-electron chi connectivity index (χ4n) is 0.965. The van der Waals surface area contributed by atoms with E-state index in [1.807, 2.05) is 0 Å². The molecule has 0 amide bonds. The van der Waals surface area contributed by atoms with Crippen molar-refractivity contribution in [2.24, 2.45) is 5.73 Å². The minimum Gasteiger partial charge on any atom is -0.503 e. The molecule has 1 aromatic rings. The third-order valence-corrected chi connectivity index (χ3v) is 1.77. The molecule has 0 aliphatic rings. The molecular weight excluding hydrogens is 164 g/mol. The maximum atomic E-state index is 12.9. The average Bonchev–Trinajstić information content (AvgIpc) is 2.08. The van der Waals surface area contributed by atoms with E-state index in [1.54, 1.807) is 0 Å². The predicted molar refractivity (Wildman–Crippen MR) is 40.7 cm³/mol. The molecule has 0 atom stereocenters. The summed E-state index contributed by atoms with van der Waals surface area (Å²) in [7, 11) is 0. The van der Waals surface area contributed by atoms with Gasteiger partial charge >= 0.3 is 0 Å². The van der Waals surface area contributed by atoms with Gasteiger partial charge in [-0.1, -0.05) is 0 Å². The van der Waals surface area contributed by atoms with Crippen LogP contribution in [0.4, 0.5) is 8.78 Å². The van der Waals surface area contributed by atoms with E-state index in [4.69, 9.17) is 10.8 Å². The number of hydrogen-bond acceptors (Lipinski definition) is 2. The summed E-state index contributed by atoms with van der Waals surface area (Å²) in [6, 6.07) is 1.04. The molecule has 0 unspecified atom stereocenters. The van der Waals surface area contributed by atoms with Crippen molar-refractivity contribution < 1.29 is 13.9 Å². The fourth-order valence-corrected chi connectivity index (χ4v) is 0.965. The van der Waals surface area contributed by atoms with Crippen LogP contribution in [-0.4, -0.2) is 5.11 Å². The molecular formula is C8H9F2NO. The van der Waals surface area contributed by atoms with E-state index in [-0.39, 0.29) is 12.1 Å². The van der Waals surface area contributed by atoms with Crippen LogP contribution in [0.2, 0.25) is 0 Å². The number of benzene rings is 1. The highest BCUT2D eigenvalue weighted by molar-refractivity contribution is 5.37. The van der Waals surface area contributed by atoms with Crippen LogP contribution < -0.4 is 5.73 Å². The van der Waals surface area contributed by atoms with Gasteiger partial charge in [0.15, 0.2) is 17.4 Å². The number of phenolic OH excluding ortho intramolecular Hbond substituents is 1. The molecule has 0 aliphatic carbocycles. The van der Waals surface area contributed by atoms with Crippen LogP contribution in [0, 0.1) is 18.6 Å². The number of nitrogens with two attached hydrogens (primary N) is 1. The SMILES string of the molecule is Cc1c(CN)cc(F)c(O)c1F. The topological polar surface area (TPSA) is 46.2 Å². The van der Waals surface area contributed by atoms with Crippen molar-refractivity contribution in [3.8, 4) is 5.75 Å². The highest BCUT2D eigenvalue weighted by Gasteiger charge is 2.13. The summed E-state index contributed by atoms with van der Waals surface area (Å²) in [6.07, 6.45) is 0. The number of hydrogen-bond donors (Lipinski definition) is 2. The number of phenols is 1. The fraction of sp³-hybridized carbons (Fsp3) is 0.250. The first-order chi connectivity index (χ1) is 5.57. The van der Waals surface area contributed by atoms with Crippen molar-refractivity contribution >= 4 is 0 Å². The zero-order chi connectivity index (χ0) is 9.30. The van der Waals surface area contributed by atoms with Crippen molar-refractivity contribution in [2.45, 2.75) is 13.5 Å². The van der Waals surface area contributed by atoms with E-state index in [9.17, 15) is 8.78 Å².